The third-order valence-electron chi connectivity index (χ3n) is 2.56. The molecule has 1 aromatic rings. The second kappa shape index (κ2) is 4.57. The van der Waals surface area contributed by atoms with Gasteiger partial charge in [-0.15, -0.1) is 0 Å². The lowest BCUT2D eigenvalue weighted by atomic mass is 9.96. The molecule has 0 unspecified atom stereocenters. The summed E-state index contributed by atoms with van der Waals surface area (Å²) in [6.45, 7) is 6.60. The number of rotatable bonds is 5. The number of imidazole rings is 1. The Labute approximate surface area is 90.7 Å². The van der Waals surface area contributed by atoms with Crippen LogP contribution in [-0.2, 0) is 18.3 Å². The van der Waals surface area contributed by atoms with Crippen LogP contribution in [0.1, 0.15) is 26.6 Å². The first kappa shape index (κ1) is 11.9. The van der Waals surface area contributed by atoms with Gasteiger partial charge in [-0.05, 0) is 20.4 Å². The first-order valence-corrected chi connectivity index (χ1v) is 5.22. The molecule has 0 saturated heterocycles. The highest BCUT2D eigenvalue weighted by Gasteiger charge is 2.26. The van der Waals surface area contributed by atoms with Gasteiger partial charge >= 0.3 is 0 Å². The van der Waals surface area contributed by atoms with E-state index in [1.807, 2.05) is 38.6 Å². The normalized spacial score (nSPS) is 11.7. The van der Waals surface area contributed by atoms with Gasteiger partial charge in [0.05, 0.1) is 12.0 Å². The van der Waals surface area contributed by atoms with Crippen molar-refractivity contribution in [2.24, 2.45) is 7.05 Å². The van der Waals surface area contributed by atoms with E-state index in [-0.39, 0.29) is 5.78 Å². The monoisotopic (exact) mass is 209 g/mol. The Morgan fingerprint density at radius 1 is 1.60 bits per heavy atom. The number of nitrogens with zero attached hydrogens (tertiary/aromatic N) is 2. The second-order valence-corrected chi connectivity index (χ2v) is 4.21. The zero-order valence-electron chi connectivity index (χ0n) is 9.87. The van der Waals surface area contributed by atoms with Crippen LogP contribution >= 0.6 is 0 Å². The fourth-order valence-corrected chi connectivity index (χ4v) is 1.47. The van der Waals surface area contributed by atoms with Gasteiger partial charge in [-0.25, -0.2) is 4.98 Å². The maximum absolute atomic E-state index is 12.0. The van der Waals surface area contributed by atoms with Crippen molar-refractivity contribution in [3.05, 3.63) is 18.2 Å². The predicted octanol–water partition coefficient (Wildman–Crippen LogP) is 0.920. The molecule has 4 nitrogen and oxygen atoms in total. The van der Waals surface area contributed by atoms with Gasteiger partial charge in [0.15, 0.2) is 5.78 Å². The van der Waals surface area contributed by atoms with Crippen molar-refractivity contribution in [3.8, 4) is 0 Å². The molecule has 0 aliphatic rings. The van der Waals surface area contributed by atoms with Gasteiger partial charge in [0.25, 0.3) is 0 Å². The van der Waals surface area contributed by atoms with Gasteiger partial charge in [-0.1, -0.05) is 6.92 Å². The third-order valence-corrected chi connectivity index (χ3v) is 2.56. The molecule has 0 amide bonds. The first-order valence-electron chi connectivity index (χ1n) is 5.22. The topological polar surface area (TPSA) is 46.9 Å². The number of carbonyl (C=O) groups excluding carboxylic acids is 1. The summed E-state index contributed by atoms with van der Waals surface area (Å²) >= 11 is 0. The van der Waals surface area contributed by atoms with Crippen LogP contribution in [0.5, 0.6) is 0 Å². The van der Waals surface area contributed by atoms with E-state index in [1.54, 1.807) is 6.20 Å². The van der Waals surface area contributed by atoms with Crippen LogP contribution < -0.4 is 5.32 Å². The number of ketones is 1. The van der Waals surface area contributed by atoms with Crippen LogP contribution in [-0.4, -0.2) is 27.4 Å². The van der Waals surface area contributed by atoms with E-state index >= 15 is 0 Å². The molecule has 0 spiro atoms. The average Bonchev–Trinajstić information content (AvgIpc) is 2.52. The summed E-state index contributed by atoms with van der Waals surface area (Å²) < 4.78 is 1.87. The van der Waals surface area contributed by atoms with Gasteiger partial charge in [0.2, 0.25) is 0 Å². The Balaban J connectivity index is 2.67. The molecule has 1 heterocycles. The molecule has 0 radical (unpaired) electrons. The maximum Gasteiger partial charge on any atom is 0.159 e. The van der Waals surface area contributed by atoms with Gasteiger partial charge in [0.1, 0.15) is 5.82 Å². The van der Waals surface area contributed by atoms with Crippen molar-refractivity contribution < 1.29 is 4.79 Å². The Hall–Kier alpha value is -1.16. The number of hydrogen-bond donors (Lipinski definition) is 1. The molecule has 0 aromatic carbocycles. The zero-order chi connectivity index (χ0) is 11.5. The van der Waals surface area contributed by atoms with Crippen LogP contribution in [0.4, 0.5) is 0 Å². The van der Waals surface area contributed by atoms with Gasteiger partial charge in [-0.3, -0.25) is 4.79 Å². The maximum atomic E-state index is 12.0. The number of aromatic nitrogens is 2. The van der Waals surface area contributed by atoms with E-state index in [2.05, 4.69) is 10.3 Å². The molecule has 0 fully saturated rings. The summed E-state index contributed by atoms with van der Waals surface area (Å²) in [5.74, 6) is 0.977. The van der Waals surface area contributed by atoms with E-state index in [9.17, 15) is 4.79 Å². The molecule has 0 aliphatic carbocycles. The summed E-state index contributed by atoms with van der Waals surface area (Å²) in [5.41, 5.74) is -0.472. The van der Waals surface area contributed by atoms with Crippen LogP contribution in [0.15, 0.2) is 12.4 Å². The summed E-state index contributed by atoms with van der Waals surface area (Å²) in [4.78, 5) is 16.1. The molecule has 0 atom stereocenters. The Bertz CT molecular complexity index is 341. The van der Waals surface area contributed by atoms with Crippen LogP contribution in [0.3, 0.4) is 0 Å². The van der Waals surface area contributed by atoms with E-state index in [0.29, 0.717) is 6.42 Å². The number of Topliss-reactive ketones (excluding diaryl/α,β-unsaturated/α-hetero) is 1. The molecule has 0 bridgehead atoms. The minimum absolute atomic E-state index is 0.165. The Morgan fingerprint density at radius 2 is 2.27 bits per heavy atom. The second-order valence-electron chi connectivity index (χ2n) is 4.21. The number of aryl methyl sites for hydroxylation is 1. The highest BCUT2D eigenvalue weighted by Crippen LogP contribution is 2.08. The van der Waals surface area contributed by atoms with Gasteiger partial charge in [0, 0.05) is 19.4 Å². The fraction of sp³-hybridized carbons (Fsp3) is 0.636. The van der Waals surface area contributed by atoms with E-state index in [0.717, 1.165) is 12.4 Å². The molecule has 1 rings (SSSR count). The summed E-state index contributed by atoms with van der Waals surface area (Å²) in [6, 6.07) is 0. The minimum atomic E-state index is -0.472. The first-order chi connectivity index (χ1) is 6.97. The fourth-order valence-electron chi connectivity index (χ4n) is 1.47. The molecular weight excluding hydrogens is 190 g/mol. The lowest BCUT2D eigenvalue weighted by Crippen LogP contribution is -2.47. The minimum Gasteiger partial charge on any atom is -0.338 e. The van der Waals surface area contributed by atoms with Crippen LogP contribution in [0.25, 0.3) is 0 Å². The van der Waals surface area contributed by atoms with Crippen molar-refractivity contribution >= 4 is 5.78 Å². The summed E-state index contributed by atoms with van der Waals surface area (Å²) in [7, 11) is 1.90. The van der Waals surface area contributed by atoms with Crippen molar-refractivity contribution in [1.29, 1.82) is 0 Å². The quantitative estimate of drug-likeness (QED) is 0.784. The van der Waals surface area contributed by atoms with E-state index in [4.69, 9.17) is 0 Å². The number of hydrogen-bond acceptors (Lipinski definition) is 3. The number of carbonyl (C=O) groups is 1. The van der Waals surface area contributed by atoms with E-state index < -0.39 is 5.54 Å². The van der Waals surface area contributed by atoms with Gasteiger partial charge in [-0.2, -0.15) is 0 Å². The Kier molecular flexibility index (Phi) is 3.63. The van der Waals surface area contributed by atoms with Crippen molar-refractivity contribution in [3.63, 3.8) is 0 Å². The van der Waals surface area contributed by atoms with Crippen LogP contribution in [0.2, 0.25) is 0 Å². The lowest BCUT2D eigenvalue weighted by Gasteiger charge is -2.23. The van der Waals surface area contributed by atoms with Crippen molar-refractivity contribution in [1.82, 2.24) is 14.9 Å². The lowest BCUT2D eigenvalue weighted by molar-refractivity contribution is -0.123. The number of likely N-dealkylation sites (N-methyl/N-ethyl adjacent to an activating group) is 1. The molecule has 1 N–H and O–H groups in total. The highest BCUT2D eigenvalue weighted by atomic mass is 16.1. The molecule has 1 aromatic heterocycles. The van der Waals surface area contributed by atoms with E-state index in [1.165, 1.54) is 0 Å². The molecular formula is C11H19N3O. The highest BCUT2D eigenvalue weighted by molar-refractivity contribution is 5.88. The van der Waals surface area contributed by atoms with Crippen molar-refractivity contribution in [2.75, 3.05) is 6.54 Å². The summed E-state index contributed by atoms with van der Waals surface area (Å²) in [6.07, 6.45) is 3.94. The number of nitrogens with one attached hydrogen (secondary N) is 1. The standard InChI is InChI=1S/C11H19N3O/c1-5-13-11(2,3)9(15)8-10-12-6-7-14(10)4/h6-7,13H,5,8H2,1-4H3. The SMILES string of the molecule is CCNC(C)(C)C(=O)Cc1nccn1C. The van der Waals surface area contributed by atoms with Crippen LogP contribution in [0, 0.1) is 0 Å². The zero-order valence-corrected chi connectivity index (χ0v) is 9.87. The third kappa shape index (κ3) is 2.89. The Morgan fingerprint density at radius 3 is 2.73 bits per heavy atom. The van der Waals surface area contributed by atoms with Crippen molar-refractivity contribution in [2.45, 2.75) is 32.7 Å². The predicted molar refractivity (Wildman–Crippen MR) is 59.7 cm³/mol. The largest absolute Gasteiger partial charge is 0.338 e. The molecule has 15 heavy (non-hydrogen) atoms. The smallest absolute Gasteiger partial charge is 0.159 e. The molecule has 84 valence electrons. The molecule has 0 aliphatic heterocycles. The molecule has 4 heteroatoms. The summed E-state index contributed by atoms with van der Waals surface area (Å²) in [5, 5.41) is 3.17. The average molecular weight is 209 g/mol. The van der Waals surface area contributed by atoms with Gasteiger partial charge < -0.3 is 9.88 Å². The molecule has 0 saturated carbocycles.